The normalized spacial score (nSPS) is 9.95. The van der Waals surface area contributed by atoms with E-state index in [1.807, 2.05) is 0 Å². The fourth-order valence-electron chi connectivity index (χ4n) is 1.36. The molecule has 1 heterocycles. The molecule has 6 nitrogen and oxygen atoms in total. The van der Waals surface area contributed by atoms with Gasteiger partial charge in [0.15, 0.2) is 5.69 Å². The molecule has 1 N–H and O–H groups in total. The van der Waals surface area contributed by atoms with E-state index in [-0.39, 0.29) is 16.3 Å². The van der Waals surface area contributed by atoms with Crippen LogP contribution in [0.1, 0.15) is 20.2 Å². The lowest BCUT2D eigenvalue weighted by molar-refractivity contribution is 0.0665. The monoisotopic (exact) mass is 279 g/mol. The third-order valence-electron chi connectivity index (χ3n) is 2.21. The van der Waals surface area contributed by atoms with Gasteiger partial charge in [0.2, 0.25) is 0 Å². The topological polar surface area (TPSA) is 85.7 Å². The number of carboxylic acid groups (broad SMARTS) is 1. The molecule has 98 valence electrons. The first-order valence-corrected chi connectivity index (χ1v) is 6.03. The Hall–Kier alpha value is -2.41. The van der Waals surface area contributed by atoms with Gasteiger partial charge >= 0.3 is 11.9 Å². The van der Waals surface area contributed by atoms with Crippen molar-refractivity contribution < 1.29 is 24.2 Å². The third kappa shape index (κ3) is 2.89. The zero-order valence-electron chi connectivity index (χ0n) is 9.82. The van der Waals surface area contributed by atoms with Crippen molar-refractivity contribution in [2.24, 2.45) is 0 Å². The number of methoxy groups -OCH3 is 1. The second kappa shape index (κ2) is 5.49. The zero-order valence-corrected chi connectivity index (χ0v) is 10.6. The second-order valence-corrected chi connectivity index (χ2v) is 4.26. The molecule has 0 aliphatic heterocycles. The number of esters is 1. The Bertz CT molecular complexity index is 622. The molecular weight excluding hydrogens is 270 g/mol. The number of rotatable bonds is 4. The van der Waals surface area contributed by atoms with Gasteiger partial charge in [-0.25, -0.2) is 14.6 Å². The summed E-state index contributed by atoms with van der Waals surface area (Å²) in [7, 11) is 1.49. The number of hydrogen-bond donors (Lipinski definition) is 1. The molecule has 1 aromatic heterocycles. The quantitative estimate of drug-likeness (QED) is 0.681. The van der Waals surface area contributed by atoms with Crippen molar-refractivity contribution in [3.05, 3.63) is 40.3 Å². The van der Waals surface area contributed by atoms with Crippen molar-refractivity contribution >= 4 is 23.3 Å². The highest BCUT2D eigenvalue weighted by atomic mass is 32.1. The number of aromatic nitrogens is 1. The molecule has 0 spiro atoms. The van der Waals surface area contributed by atoms with Gasteiger partial charge in [-0.3, -0.25) is 0 Å². The molecule has 0 atom stereocenters. The van der Waals surface area contributed by atoms with Gasteiger partial charge in [0.1, 0.15) is 16.4 Å². The van der Waals surface area contributed by atoms with E-state index in [0.29, 0.717) is 5.75 Å². The summed E-state index contributed by atoms with van der Waals surface area (Å²) in [6, 6.07) is 6.46. The average molecular weight is 279 g/mol. The van der Waals surface area contributed by atoms with Gasteiger partial charge in [0.25, 0.3) is 0 Å². The molecule has 7 heteroatoms. The van der Waals surface area contributed by atoms with Crippen molar-refractivity contribution in [2.45, 2.75) is 0 Å². The van der Waals surface area contributed by atoms with Crippen LogP contribution in [0.5, 0.6) is 11.5 Å². The molecule has 0 bridgehead atoms. The van der Waals surface area contributed by atoms with E-state index in [0.717, 1.165) is 11.3 Å². The Kier molecular flexibility index (Phi) is 3.76. The first kappa shape index (κ1) is 13.0. The highest BCUT2D eigenvalue weighted by molar-refractivity contribution is 7.12. The summed E-state index contributed by atoms with van der Waals surface area (Å²) in [6.45, 7) is 0. The Morgan fingerprint density at radius 2 is 2.05 bits per heavy atom. The molecule has 0 aliphatic rings. The summed E-state index contributed by atoms with van der Waals surface area (Å²) in [4.78, 5) is 26.3. The smallest absolute Gasteiger partial charge is 0.356 e. The summed E-state index contributed by atoms with van der Waals surface area (Å²) >= 11 is 0.917. The van der Waals surface area contributed by atoms with Crippen LogP contribution < -0.4 is 9.47 Å². The molecule has 0 fully saturated rings. The number of carbonyl (C=O) groups excluding carboxylic acids is 1. The maximum atomic E-state index is 11.8. The number of aromatic carboxylic acids is 1. The Morgan fingerprint density at radius 1 is 1.32 bits per heavy atom. The van der Waals surface area contributed by atoms with Crippen LogP contribution in [0.4, 0.5) is 0 Å². The van der Waals surface area contributed by atoms with Crippen LogP contribution in [-0.2, 0) is 0 Å². The fourth-order valence-corrected chi connectivity index (χ4v) is 2.01. The van der Waals surface area contributed by atoms with E-state index < -0.39 is 11.9 Å². The van der Waals surface area contributed by atoms with Gasteiger partial charge in [-0.1, -0.05) is 6.07 Å². The van der Waals surface area contributed by atoms with Crippen molar-refractivity contribution in [1.29, 1.82) is 0 Å². The van der Waals surface area contributed by atoms with Gasteiger partial charge in [-0.2, -0.15) is 0 Å². The predicted molar refractivity (Wildman–Crippen MR) is 67.0 cm³/mol. The van der Waals surface area contributed by atoms with E-state index >= 15 is 0 Å². The van der Waals surface area contributed by atoms with Gasteiger partial charge in [-0.05, 0) is 12.1 Å². The average Bonchev–Trinajstić information content (AvgIpc) is 2.88. The lowest BCUT2D eigenvalue weighted by Gasteiger charge is -2.05. The summed E-state index contributed by atoms with van der Waals surface area (Å²) in [6.07, 6.45) is 0. The van der Waals surface area contributed by atoms with Crippen LogP contribution in [-0.4, -0.2) is 29.1 Å². The SMILES string of the molecule is COc1cccc(OC(=O)c2scnc2C(=O)O)c1. The molecular formula is C12H9NO5S. The Balaban J connectivity index is 2.20. The van der Waals surface area contributed by atoms with Crippen LogP contribution in [0.2, 0.25) is 0 Å². The molecule has 2 rings (SSSR count). The number of nitrogens with zero attached hydrogens (tertiary/aromatic N) is 1. The maximum Gasteiger partial charge on any atom is 0.356 e. The van der Waals surface area contributed by atoms with Crippen molar-refractivity contribution in [3.63, 3.8) is 0 Å². The van der Waals surface area contributed by atoms with Gasteiger partial charge in [-0.15, -0.1) is 11.3 Å². The summed E-state index contributed by atoms with van der Waals surface area (Å²) < 4.78 is 10.1. The minimum atomic E-state index is -1.26. The van der Waals surface area contributed by atoms with Crippen LogP contribution in [0.3, 0.4) is 0 Å². The summed E-state index contributed by atoms with van der Waals surface area (Å²) in [5, 5.41) is 8.87. The Morgan fingerprint density at radius 3 is 2.74 bits per heavy atom. The first-order valence-electron chi connectivity index (χ1n) is 5.15. The van der Waals surface area contributed by atoms with E-state index in [1.165, 1.54) is 18.7 Å². The third-order valence-corrected chi connectivity index (χ3v) is 3.01. The molecule has 0 amide bonds. The molecule has 2 aromatic rings. The lowest BCUT2D eigenvalue weighted by Crippen LogP contribution is -2.12. The minimum Gasteiger partial charge on any atom is -0.497 e. The number of hydrogen-bond acceptors (Lipinski definition) is 6. The standard InChI is InChI=1S/C12H9NO5S/c1-17-7-3-2-4-8(5-7)18-12(16)10-9(11(14)15)13-6-19-10/h2-6H,1H3,(H,14,15). The number of benzene rings is 1. The predicted octanol–water partition coefficient (Wildman–Crippen LogP) is 2.07. The largest absolute Gasteiger partial charge is 0.497 e. The van der Waals surface area contributed by atoms with Crippen LogP contribution in [0.15, 0.2) is 29.8 Å². The zero-order chi connectivity index (χ0) is 13.8. The van der Waals surface area contributed by atoms with E-state index in [1.54, 1.807) is 18.2 Å². The van der Waals surface area contributed by atoms with E-state index in [4.69, 9.17) is 14.6 Å². The molecule has 0 saturated carbocycles. The Labute approximate surface area is 112 Å². The van der Waals surface area contributed by atoms with Crippen molar-refractivity contribution in [1.82, 2.24) is 4.98 Å². The molecule has 0 saturated heterocycles. The number of ether oxygens (including phenoxy) is 2. The lowest BCUT2D eigenvalue weighted by atomic mass is 10.3. The van der Waals surface area contributed by atoms with Gasteiger partial charge in [0, 0.05) is 6.07 Å². The molecule has 19 heavy (non-hydrogen) atoms. The van der Waals surface area contributed by atoms with Gasteiger partial charge in [0.05, 0.1) is 12.6 Å². The van der Waals surface area contributed by atoms with E-state index in [2.05, 4.69) is 4.98 Å². The minimum absolute atomic E-state index is 0.0460. The summed E-state index contributed by atoms with van der Waals surface area (Å²) in [5.74, 6) is -1.21. The highest BCUT2D eigenvalue weighted by Crippen LogP contribution is 2.22. The van der Waals surface area contributed by atoms with Crippen molar-refractivity contribution in [3.8, 4) is 11.5 Å². The van der Waals surface area contributed by atoms with Gasteiger partial charge < -0.3 is 14.6 Å². The molecule has 0 aliphatic carbocycles. The summed E-state index contributed by atoms with van der Waals surface area (Å²) in [5.41, 5.74) is 0.976. The first-order chi connectivity index (χ1) is 9.11. The fraction of sp³-hybridized carbons (Fsp3) is 0.0833. The number of carboxylic acids is 1. The maximum absolute atomic E-state index is 11.8. The number of thiazole rings is 1. The van der Waals surface area contributed by atoms with E-state index in [9.17, 15) is 9.59 Å². The molecule has 0 radical (unpaired) electrons. The molecule has 1 aromatic carbocycles. The van der Waals surface area contributed by atoms with Crippen LogP contribution in [0, 0.1) is 0 Å². The highest BCUT2D eigenvalue weighted by Gasteiger charge is 2.21. The number of carbonyl (C=O) groups is 2. The van der Waals surface area contributed by atoms with Crippen LogP contribution >= 0.6 is 11.3 Å². The van der Waals surface area contributed by atoms with Crippen molar-refractivity contribution in [2.75, 3.05) is 7.11 Å². The van der Waals surface area contributed by atoms with Crippen LogP contribution in [0.25, 0.3) is 0 Å². The molecule has 0 unspecified atom stereocenters. The second-order valence-electron chi connectivity index (χ2n) is 3.40.